The third-order valence-corrected chi connectivity index (χ3v) is 1.99. The number of hydrogen-bond donors (Lipinski definition) is 2. The summed E-state index contributed by atoms with van der Waals surface area (Å²) in [5, 5.41) is 12.6. The van der Waals surface area contributed by atoms with Gasteiger partial charge in [0.05, 0.1) is 5.60 Å². The summed E-state index contributed by atoms with van der Waals surface area (Å²) in [4.78, 5) is 11.2. The molecule has 0 saturated carbocycles. The number of carbonyl (C=O) groups excluding carboxylic acids is 1. The molecule has 0 aromatic heterocycles. The van der Waals surface area contributed by atoms with Crippen molar-refractivity contribution in [3.63, 3.8) is 0 Å². The molecular formula is C11H23NO2. The number of carbonyl (C=O) groups is 1. The predicted molar refractivity (Wildman–Crippen MR) is 58.0 cm³/mol. The van der Waals surface area contributed by atoms with Gasteiger partial charge < -0.3 is 10.4 Å². The third-order valence-electron chi connectivity index (χ3n) is 1.99. The quantitative estimate of drug-likeness (QED) is 0.687. The van der Waals surface area contributed by atoms with Gasteiger partial charge in [0.2, 0.25) is 5.91 Å². The monoisotopic (exact) mass is 201 g/mol. The molecular weight excluding hydrogens is 178 g/mol. The average molecular weight is 201 g/mol. The largest absolute Gasteiger partial charge is 0.388 e. The van der Waals surface area contributed by atoms with Crippen LogP contribution >= 0.6 is 0 Å². The Morgan fingerprint density at radius 1 is 1.50 bits per heavy atom. The molecule has 0 bridgehead atoms. The second-order valence-corrected chi connectivity index (χ2v) is 4.62. The molecule has 3 nitrogen and oxygen atoms in total. The summed E-state index contributed by atoms with van der Waals surface area (Å²) in [6.07, 6.45) is 2.09. The molecule has 0 radical (unpaired) electrons. The Morgan fingerprint density at radius 3 is 2.50 bits per heavy atom. The molecule has 0 spiro atoms. The van der Waals surface area contributed by atoms with E-state index in [4.69, 9.17) is 0 Å². The van der Waals surface area contributed by atoms with Gasteiger partial charge in [0.1, 0.15) is 0 Å². The molecule has 0 aromatic rings. The normalized spacial score (nSPS) is 15.3. The molecule has 0 aromatic carbocycles. The fourth-order valence-corrected chi connectivity index (χ4v) is 1.56. The highest BCUT2D eigenvalue weighted by Crippen LogP contribution is 2.14. The minimum Gasteiger partial charge on any atom is -0.388 e. The van der Waals surface area contributed by atoms with E-state index in [1.165, 1.54) is 0 Å². The van der Waals surface area contributed by atoms with Crippen molar-refractivity contribution in [1.29, 1.82) is 0 Å². The van der Waals surface area contributed by atoms with Crippen LogP contribution in [0.15, 0.2) is 0 Å². The highest BCUT2D eigenvalue weighted by Gasteiger charge is 2.22. The minimum atomic E-state index is -0.780. The number of hydrogen-bond acceptors (Lipinski definition) is 2. The molecule has 3 heteroatoms. The van der Waals surface area contributed by atoms with Crippen molar-refractivity contribution in [1.82, 2.24) is 5.32 Å². The van der Waals surface area contributed by atoms with Gasteiger partial charge in [-0.25, -0.2) is 0 Å². The molecule has 1 unspecified atom stereocenters. The zero-order chi connectivity index (χ0) is 11.2. The molecule has 0 rings (SSSR count). The van der Waals surface area contributed by atoms with Gasteiger partial charge in [-0.2, -0.15) is 0 Å². The number of rotatable bonds is 6. The Balaban J connectivity index is 3.80. The maximum Gasteiger partial charge on any atom is 0.220 e. The van der Waals surface area contributed by atoms with Crippen molar-refractivity contribution in [2.75, 3.05) is 6.54 Å². The fourth-order valence-electron chi connectivity index (χ4n) is 1.56. The summed E-state index contributed by atoms with van der Waals surface area (Å²) in [7, 11) is 0. The Hall–Kier alpha value is -0.570. The maximum atomic E-state index is 11.2. The SMILES string of the molecule is CCCC(=O)NCC(C)(O)CC(C)C. The smallest absolute Gasteiger partial charge is 0.220 e. The highest BCUT2D eigenvalue weighted by molar-refractivity contribution is 5.75. The van der Waals surface area contributed by atoms with Gasteiger partial charge in [0.25, 0.3) is 0 Å². The molecule has 1 atom stereocenters. The van der Waals surface area contributed by atoms with Gasteiger partial charge in [-0.1, -0.05) is 20.8 Å². The van der Waals surface area contributed by atoms with E-state index in [1.54, 1.807) is 6.92 Å². The van der Waals surface area contributed by atoms with Crippen LogP contribution in [0, 0.1) is 5.92 Å². The Labute approximate surface area is 86.9 Å². The topological polar surface area (TPSA) is 49.3 Å². The standard InChI is InChI=1S/C11H23NO2/c1-5-6-10(13)12-8-11(4,14)7-9(2)3/h9,14H,5-8H2,1-4H3,(H,12,13). The first-order valence-corrected chi connectivity index (χ1v) is 5.36. The summed E-state index contributed by atoms with van der Waals surface area (Å²) in [5.41, 5.74) is -0.780. The van der Waals surface area contributed by atoms with Gasteiger partial charge in [0.15, 0.2) is 0 Å². The van der Waals surface area contributed by atoms with Gasteiger partial charge in [-0.05, 0) is 25.7 Å². The Kier molecular flexibility index (Phi) is 5.77. The van der Waals surface area contributed by atoms with Crippen LogP contribution < -0.4 is 5.32 Å². The lowest BCUT2D eigenvalue weighted by Gasteiger charge is -2.25. The minimum absolute atomic E-state index is 0.0246. The van der Waals surface area contributed by atoms with Crippen LogP contribution in [-0.2, 0) is 4.79 Å². The van der Waals surface area contributed by atoms with E-state index in [1.807, 2.05) is 6.92 Å². The zero-order valence-corrected chi connectivity index (χ0v) is 9.76. The molecule has 14 heavy (non-hydrogen) atoms. The first-order valence-electron chi connectivity index (χ1n) is 5.36. The van der Waals surface area contributed by atoms with Gasteiger partial charge in [-0.15, -0.1) is 0 Å². The summed E-state index contributed by atoms with van der Waals surface area (Å²) in [6, 6.07) is 0. The molecule has 0 aliphatic rings. The van der Waals surface area contributed by atoms with E-state index in [0.717, 1.165) is 6.42 Å². The van der Waals surface area contributed by atoms with Gasteiger partial charge in [-0.3, -0.25) is 4.79 Å². The Morgan fingerprint density at radius 2 is 2.07 bits per heavy atom. The van der Waals surface area contributed by atoms with Crippen LogP contribution in [0.25, 0.3) is 0 Å². The number of aliphatic hydroxyl groups is 1. The van der Waals surface area contributed by atoms with E-state index in [-0.39, 0.29) is 5.91 Å². The molecule has 0 heterocycles. The second-order valence-electron chi connectivity index (χ2n) is 4.62. The zero-order valence-electron chi connectivity index (χ0n) is 9.76. The highest BCUT2D eigenvalue weighted by atomic mass is 16.3. The second kappa shape index (κ2) is 6.02. The summed E-state index contributed by atoms with van der Waals surface area (Å²) in [5.74, 6) is 0.463. The van der Waals surface area contributed by atoms with Gasteiger partial charge in [0, 0.05) is 13.0 Å². The lowest BCUT2D eigenvalue weighted by Crippen LogP contribution is -2.41. The summed E-state index contributed by atoms with van der Waals surface area (Å²) in [6.45, 7) is 8.19. The molecule has 0 fully saturated rings. The third kappa shape index (κ3) is 6.89. The van der Waals surface area contributed by atoms with Crippen LogP contribution in [0.5, 0.6) is 0 Å². The van der Waals surface area contributed by atoms with Crippen molar-refractivity contribution >= 4 is 5.91 Å². The van der Waals surface area contributed by atoms with Crippen LogP contribution in [0.1, 0.15) is 47.0 Å². The first-order chi connectivity index (χ1) is 6.37. The van der Waals surface area contributed by atoms with Crippen molar-refractivity contribution in [2.45, 2.75) is 52.6 Å². The lowest BCUT2D eigenvalue weighted by atomic mass is 9.94. The fraction of sp³-hybridized carbons (Fsp3) is 0.909. The summed E-state index contributed by atoms with van der Waals surface area (Å²) < 4.78 is 0. The molecule has 1 amide bonds. The molecule has 0 aliphatic carbocycles. The van der Waals surface area contributed by atoms with E-state index in [0.29, 0.717) is 25.3 Å². The van der Waals surface area contributed by atoms with Crippen molar-refractivity contribution < 1.29 is 9.90 Å². The van der Waals surface area contributed by atoms with Crippen LogP contribution in [0.2, 0.25) is 0 Å². The Bertz CT molecular complexity index is 176. The van der Waals surface area contributed by atoms with Crippen molar-refractivity contribution in [3.8, 4) is 0 Å². The lowest BCUT2D eigenvalue weighted by molar-refractivity contribution is -0.122. The molecule has 0 saturated heterocycles. The average Bonchev–Trinajstić information content (AvgIpc) is 1.99. The van der Waals surface area contributed by atoms with E-state index < -0.39 is 5.60 Å². The van der Waals surface area contributed by atoms with Crippen molar-refractivity contribution in [3.05, 3.63) is 0 Å². The van der Waals surface area contributed by atoms with Crippen LogP contribution in [-0.4, -0.2) is 23.2 Å². The van der Waals surface area contributed by atoms with Crippen molar-refractivity contribution in [2.24, 2.45) is 5.92 Å². The van der Waals surface area contributed by atoms with E-state index in [2.05, 4.69) is 19.2 Å². The maximum absolute atomic E-state index is 11.2. The molecule has 84 valence electrons. The van der Waals surface area contributed by atoms with Crippen LogP contribution in [0.3, 0.4) is 0 Å². The summed E-state index contributed by atoms with van der Waals surface area (Å²) >= 11 is 0. The number of nitrogens with one attached hydrogen (secondary N) is 1. The molecule has 0 aliphatic heterocycles. The van der Waals surface area contributed by atoms with E-state index in [9.17, 15) is 9.90 Å². The van der Waals surface area contributed by atoms with E-state index >= 15 is 0 Å². The predicted octanol–water partition coefficient (Wildman–Crippen LogP) is 1.70. The number of amides is 1. The van der Waals surface area contributed by atoms with Gasteiger partial charge >= 0.3 is 0 Å². The molecule has 2 N–H and O–H groups in total. The van der Waals surface area contributed by atoms with Crippen LogP contribution in [0.4, 0.5) is 0 Å². The first kappa shape index (κ1) is 13.4.